The predicted octanol–water partition coefficient (Wildman–Crippen LogP) is 1.95. The number of thiophene rings is 1. The summed E-state index contributed by atoms with van der Waals surface area (Å²) >= 11 is 4.68. The molecule has 0 radical (unpaired) electrons. The molecule has 0 aromatic carbocycles. The molecule has 1 aromatic heterocycles. The summed E-state index contributed by atoms with van der Waals surface area (Å²) in [7, 11) is 0. The molecule has 0 bridgehead atoms. The molecule has 1 atom stereocenters. The molecule has 1 unspecified atom stereocenters. The van der Waals surface area contributed by atoms with Gasteiger partial charge in [-0.1, -0.05) is 0 Å². The van der Waals surface area contributed by atoms with E-state index >= 15 is 0 Å². The lowest BCUT2D eigenvalue weighted by Gasteiger charge is -2.10. The van der Waals surface area contributed by atoms with E-state index in [4.69, 9.17) is 14.9 Å². The first kappa shape index (κ1) is 12.6. The van der Waals surface area contributed by atoms with Gasteiger partial charge in [0.25, 0.3) is 0 Å². The molecule has 2 N–H and O–H groups in total. The minimum atomic E-state index is -1.04. The van der Waals surface area contributed by atoms with Crippen LogP contribution in [0.4, 0.5) is 0 Å². The third kappa shape index (κ3) is 3.27. The molecule has 0 spiro atoms. The van der Waals surface area contributed by atoms with Crippen molar-refractivity contribution in [2.75, 3.05) is 13.2 Å². The zero-order chi connectivity index (χ0) is 11.4. The Morgan fingerprint density at radius 2 is 2.40 bits per heavy atom. The molecule has 84 valence electrons. The summed E-state index contributed by atoms with van der Waals surface area (Å²) in [6, 6.07) is 1.73. The van der Waals surface area contributed by atoms with E-state index in [2.05, 4.69) is 15.9 Å². The second-order valence-electron chi connectivity index (χ2n) is 2.87. The number of aliphatic hydroxyl groups is 1. The van der Waals surface area contributed by atoms with Crippen molar-refractivity contribution < 1.29 is 19.7 Å². The van der Waals surface area contributed by atoms with E-state index < -0.39 is 12.1 Å². The van der Waals surface area contributed by atoms with Crippen LogP contribution in [0.5, 0.6) is 0 Å². The van der Waals surface area contributed by atoms with Gasteiger partial charge in [0.05, 0.1) is 13.2 Å². The first-order valence-electron chi connectivity index (χ1n) is 4.27. The highest BCUT2D eigenvalue weighted by molar-refractivity contribution is 9.10. The number of carbonyl (C=O) groups is 1. The summed E-state index contributed by atoms with van der Waals surface area (Å²) in [5.41, 5.74) is 0. The van der Waals surface area contributed by atoms with E-state index in [1.165, 1.54) is 11.3 Å². The molecule has 0 amide bonds. The minimum absolute atomic E-state index is 0.0194. The molecular weight excluding hydrogens is 284 g/mol. The highest BCUT2D eigenvalue weighted by atomic mass is 79.9. The van der Waals surface area contributed by atoms with Gasteiger partial charge in [-0.05, 0) is 28.9 Å². The van der Waals surface area contributed by atoms with E-state index in [-0.39, 0.29) is 13.2 Å². The van der Waals surface area contributed by atoms with Crippen LogP contribution in [0.15, 0.2) is 10.5 Å². The Morgan fingerprint density at radius 1 is 1.73 bits per heavy atom. The number of carboxylic acid groups (broad SMARTS) is 1. The molecule has 0 saturated carbocycles. The van der Waals surface area contributed by atoms with Crippen LogP contribution in [0, 0.1) is 6.92 Å². The van der Waals surface area contributed by atoms with E-state index in [0.717, 1.165) is 9.35 Å². The third-order valence-electron chi connectivity index (χ3n) is 1.73. The number of hydrogen-bond acceptors (Lipinski definition) is 4. The van der Waals surface area contributed by atoms with Crippen LogP contribution in [0.1, 0.15) is 15.9 Å². The number of aryl methyl sites for hydroxylation is 1. The van der Waals surface area contributed by atoms with Crippen molar-refractivity contribution in [2.45, 2.75) is 13.0 Å². The first-order valence-corrected chi connectivity index (χ1v) is 5.88. The Balaban J connectivity index is 2.84. The number of aliphatic hydroxyl groups excluding tert-OH is 1. The molecule has 0 saturated heterocycles. The summed E-state index contributed by atoms with van der Waals surface area (Å²) in [5.74, 6) is -1.04. The van der Waals surface area contributed by atoms with Crippen molar-refractivity contribution in [3.8, 4) is 0 Å². The van der Waals surface area contributed by atoms with Crippen LogP contribution in [-0.2, 0) is 9.53 Å². The highest BCUT2D eigenvalue weighted by Gasteiger charge is 2.23. The third-order valence-corrected chi connectivity index (χ3v) is 3.91. The van der Waals surface area contributed by atoms with Crippen molar-refractivity contribution >= 4 is 33.2 Å². The van der Waals surface area contributed by atoms with Gasteiger partial charge in [0.15, 0.2) is 6.10 Å². The summed E-state index contributed by atoms with van der Waals surface area (Å²) in [4.78, 5) is 12.5. The quantitative estimate of drug-likeness (QED) is 0.871. The number of halogens is 1. The molecule has 15 heavy (non-hydrogen) atoms. The van der Waals surface area contributed by atoms with Crippen LogP contribution < -0.4 is 0 Å². The molecule has 4 nitrogen and oxygen atoms in total. The summed E-state index contributed by atoms with van der Waals surface area (Å²) in [6.45, 7) is 1.73. The van der Waals surface area contributed by atoms with Gasteiger partial charge in [-0.2, -0.15) is 0 Å². The first-order chi connectivity index (χ1) is 7.06. The lowest BCUT2D eigenvalue weighted by Crippen LogP contribution is -2.16. The Labute approximate surface area is 99.6 Å². The SMILES string of the molecule is Cc1sc(C(OCCO)C(=O)O)cc1Br. The second-order valence-corrected chi connectivity index (χ2v) is 5.01. The molecule has 0 aliphatic carbocycles. The Kier molecular flexibility index (Phi) is 4.72. The summed E-state index contributed by atoms with van der Waals surface area (Å²) in [6.07, 6.45) is -0.993. The molecule has 1 aromatic rings. The number of rotatable bonds is 5. The smallest absolute Gasteiger partial charge is 0.338 e. The second kappa shape index (κ2) is 5.60. The van der Waals surface area contributed by atoms with Crippen molar-refractivity contribution in [1.29, 1.82) is 0 Å². The minimum Gasteiger partial charge on any atom is -0.479 e. The molecule has 6 heteroatoms. The fourth-order valence-corrected chi connectivity index (χ4v) is 2.66. The zero-order valence-electron chi connectivity index (χ0n) is 8.07. The fraction of sp³-hybridized carbons (Fsp3) is 0.444. The fourth-order valence-electron chi connectivity index (χ4n) is 1.06. The zero-order valence-corrected chi connectivity index (χ0v) is 10.5. The average Bonchev–Trinajstić information content (AvgIpc) is 2.47. The molecule has 0 aliphatic rings. The van der Waals surface area contributed by atoms with Crippen molar-refractivity contribution in [3.05, 3.63) is 20.3 Å². The van der Waals surface area contributed by atoms with Crippen LogP contribution in [-0.4, -0.2) is 29.4 Å². The number of aliphatic carboxylic acids is 1. The Morgan fingerprint density at radius 3 is 2.80 bits per heavy atom. The van der Waals surface area contributed by atoms with Gasteiger partial charge in [-0.15, -0.1) is 11.3 Å². The molecule has 0 fully saturated rings. The van der Waals surface area contributed by atoms with E-state index in [1.54, 1.807) is 6.07 Å². The van der Waals surface area contributed by atoms with Crippen molar-refractivity contribution in [2.24, 2.45) is 0 Å². The predicted molar refractivity (Wildman–Crippen MR) is 60.2 cm³/mol. The monoisotopic (exact) mass is 294 g/mol. The maximum absolute atomic E-state index is 10.9. The summed E-state index contributed by atoms with van der Waals surface area (Å²) in [5, 5.41) is 17.5. The average molecular weight is 295 g/mol. The molecule has 0 aliphatic heterocycles. The number of carboxylic acids is 1. The van der Waals surface area contributed by atoms with Crippen LogP contribution >= 0.6 is 27.3 Å². The van der Waals surface area contributed by atoms with Gasteiger partial charge < -0.3 is 14.9 Å². The maximum atomic E-state index is 10.9. The maximum Gasteiger partial charge on any atom is 0.338 e. The molecule has 1 rings (SSSR count). The van der Waals surface area contributed by atoms with Crippen LogP contribution in [0.25, 0.3) is 0 Å². The lowest BCUT2D eigenvalue weighted by molar-refractivity contribution is -0.151. The van der Waals surface area contributed by atoms with Gasteiger partial charge in [0, 0.05) is 14.2 Å². The van der Waals surface area contributed by atoms with E-state index in [1.807, 2.05) is 6.92 Å². The molecular formula is C9H11BrO4S. The van der Waals surface area contributed by atoms with Crippen molar-refractivity contribution in [3.63, 3.8) is 0 Å². The summed E-state index contributed by atoms with van der Waals surface area (Å²) < 4.78 is 5.92. The number of hydrogen-bond donors (Lipinski definition) is 2. The Hall–Kier alpha value is -0.430. The molecule has 1 heterocycles. The topological polar surface area (TPSA) is 66.8 Å². The van der Waals surface area contributed by atoms with Gasteiger partial charge in [0.1, 0.15) is 0 Å². The highest BCUT2D eigenvalue weighted by Crippen LogP contribution is 2.32. The van der Waals surface area contributed by atoms with E-state index in [9.17, 15) is 4.79 Å². The Bertz CT molecular complexity index is 330. The largest absolute Gasteiger partial charge is 0.479 e. The van der Waals surface area contributed by atoms with Gasteiger partial charge in [-0.25, -0.2) is 4.79 Å². The van der Waals surface area contributed by atoms with E-state index in [0.29, 0.717) is 4.88 Å². The normalized spacial score (nSPS) is 12.7. The standard InChI is InChI=1S/C9H11BrO4S/c1-5-6(10)4-7(15-5)8(9(12)13)14-3-2-11/h4,8,11H,2-3H2,1H3,(H,12,13). The van der Waals surface area contributed by atoms with Gasteiger partial charge >= 0.3 is 5.97 Å². The van der Waals surface area contributed by atoms with Gasteiger partial charge in [0.2, 0.25) is 0 Å². The van der Waals surface area contributed by atoms with Crippen molar-refractivity contribution in [1.82, 2.24) is 0 Å². The van der Waals surface area contributed by atoms with Gasteiger partial charge in [-0.3, -0.25) is 0 Å². The van der Waals surface area contributed by atoms with Crippen LogP contribution in [0.2, 0.25) is 0 Å². The number of ether oxygens (including phenoxy) is 1. The van der Waals surface area contributed by atoms with Crippen LogP contribution in [0.3, 0.4) is 0 Å². The lowest BCUT2D eigenvalue weighted by atomic mass is 10.3.